The second-order valence-electron chi connectivity index (χ2n) is 21.9. The Morgan fingerprint density at radius 1 is 0.538 bits per heavy atom. The van der Waals surface area contributed by atoms with Gasteiger partial charge in [-0.05, 0) is 99.8 Å². The summed E-state index contributed by atoms with van der Waals surface area (Å²) in [5.74, 6) is -9.82. The highest BCUT2D eigenvalue weighted by Gasteiger charge is 2.39. The van der Waals surface area contributed by atoms with Crippen molar-refractivity contribution >= 4 is 111 Å². The van der Waals surface area contributed by atoms with Gasteiger partial charge in [0.1, 0.15) is 54.1 Å². The highest BCUT2D eigenvalue weighted by atomic mass is 32.1. The van der Waals surface area contributed by atoms with Crippen molar-refractivity contribution in [2.45, 2.75) is 107 Å². The molecule has 0 bridgehead atoms. The first-order chi connectivity index (χ1) is 43.3. The zero-order valence-corrected chi connectivity index (χ0v) is 51.5. The summed E-state index contributed by atoms with van der Waals surface area (Å²) in [5, 5.41) is 40.8. The minimum Gasteiger partial charge on any atom is -0.508 e. The monoisotopic (exact) mass is 1290 g/mol. The summed E-state index contributed by atoms with van der Waals surface area (Å²) in [6.07, 6.45) is -2.66. The molecule has 0 aliphatic heterocycles. The van der Waals surface area contributed by atoms with E-state index < -0.39 is 114 Å². The Bertz CT molecular complexity index is 3710. The van der Waals surface area contributed by atoms with Gasteiger partial charge in [0.15, 0.2) is 0 Å². The Kier molecular flexibility index (Phi) is 26.2. The van der Waals surface area contributed by atoms with E-state index in [9.17, 15) is 56.6 Å². The molecule has 0 aliphatic rings. The minimum absolute atomic E-state index is 0.0430. The van der Waals surface area contributed by atoms with Crippen molar-refractivity contribution in [3.8, 4) is 5.75 Å². The number of aromatic hydroxyl groups is 1. The number of carbonyl (C=O) groups is 9. The molecule has 484 valence electrons. The van der Waals surface area contributed by atoms with Crippen molar-refractivity contribution in [2.24, 2.45) is 23.1 Å². The van der Waals surface area contributed by atoms with E-state index in [0.717, 1.165) is 38.0 Å². The molecule has 0 saturated heterocycles. The first kappa shape index (κ1) is 70.9. The van der Waals surface area contributed by atoms with E-state index in [1.807, 2.05) is 97.1 Å². The molecule has 7 aromatic rings. The number of unbranched alkanes of at least 4 members (excludes halogenated alkanes) is 1. The van der Waals surface area contributed by atoms with Crippen molar-refractivity contribution in [3.05, 3.63) is 162 Å². The zero-order valence-electron chi connectivity index (χ0n) is 49.7. The number of primary amides is 1. The van der Waals surface area contributed by atoms with Gasteiger partial charge in [0.25, 0.3) is 0 Å². The van der Waals surface area contributed by atoms with E-state index in [4.69, 9.17) is 27.1 Å². The van der Waals surface area contributed by atoms with Crippen LogP contribution < -0.4 is 54.4 Å². The standard InChI is InChI=1S/C62H73N11O9S2.C2HF3O2/c1-35(2)54(62(82)72-52(34-84)59(79)68-48(55(65)75)29-37-18-21-38-11-3-5-13-40(38)27-37)73-56(76)47(17-9-10-26-63)67-58(78)50(31-43-32-66-46-16-8-7-15-45(43)46)70-57(77)49(28-36-19-24-44(74)25-20-36)69-60(80)51(33-83)71-61(81)53(64)42-23-22-39-12-4-6-14-41(39)30-42;3-2(4,5)1(6)7/h3-8,11-16,18-25,27,30,32,35,47-54,66,74,83-84H,9-10,17,26,28-29,31,33-34,63-64H2,1-2H3,(H2,65,75)(H,67,78)(H,68,79)(H,69,80)(H,70,77)(H,71,81)(H,72,82)(H,73,76);(H,6,7)/t47-,48-,49-,50+,51-,52-,53+,54-;/m0./s1. The molecule has 7 rings (SSSR count). The van der Waals surface area contributed by atoms with Gasteiger partial charge in [0.05, 0.1) is 0 Å². The second-order valence-corrected chi connectivity index (χ2v) is 22.6. The fraction of sp³-hybridized carbons (Fsp3) is 0.328. The van der Waals surface area contributed by atoms with Crippen LogP contribution in [0.4, 0.5) is 13.2 Å². The maximum absolute atomic E-state index is 14.9. The summed E-state index contributed by atoms with van der Waals surface area (Å²) in [6, 6.07) is 29.3. The molecule has 0 aliphatic carbocycles. The summed E-state index contributed by atoms with van der Waals surface area (Å²) < 4.78 is 31.7. The number of halogens is 3. The maximum Gasteiger partial charge on any atom is 0.490 e. The van der Waals surface area contributed by atoms with Crippen LogP contribution in [0.5, 0.6) is 5.75 Å². The lowest BCUT2D eigenvalue weighted by atomic mass is 9.99. The zero-order chi connectivity index (χ0) is 66.5. The van der Waals surface area contributed by atoms with Crippen LogP contribution in [-0.2, 0) is 62.4 Å². The van der Waals surface area contributed by atoms with Gasteiger partial charge in [-0.15, -0.1) is 0 Å². The number of rotatable bonds is 29. The Morgan fingerprint density at radius 2 is 1.00 bits per heavy atom. The number of carboxylic acids is 1. The first-order valence-corrected chi connectivity index (χ1v) is 30.3. The van der Waals surface area contributed by atoms with Gasteiger partial charge in [-0.1, -0.05) is 123 Å². The van der Waals surface area contributed by atoms with Crippen LogP contribution >= 0.6 is 25.3 Å². The van der Waals surface area contributed by atoms with E-state index in [2.05, 4.69) is 67.5 Å². The van der Waals surface area contributed by atoms with Crippen LogP contribution in [0.15, 0.2) is 140 Å². The topological polar surface area (TPSA) is 372 Å². The summed E-state index contributed by atoms with van der Waals surface area (Å²) in [7, 11) is 0. The number of nitrogens with two attached hydrogens (primary N) is 3. The number of para-hydroxylation sites is 1. The maximum atomic E-state index is 14.9. The lowest BCUT2D eigenvalue weighted by Crippen LogP contribution is -2.61. The number of hydrogen-bond acceptors (Lipinski definition) is 14. The highest BCUT2D eigenvalue weighted by molar-refractivity contribution is 7.80. The number of thiol groups is 2. The number of aliphatic carboxylic acids is 1. The summed E-state index contributed by atoms with van der Waals surface area (Å²) in [5.41, 5.74) is 21.2. The molecule has 1 heterocycles. The predicted molar refractivity (Wildman–Crippen MR) is 344 cm³/mol. The Balaban J connectivity index is 0.00000177. The van der Waals surface area contributed by atoms with E-state index in [1.165, 1.54) is 12.1 Å². The Labute approximate surface area is 533 Å². The van der Waals surface area contributed by atoms with Crippen molar-refractivity contribution in [2.75, 3.05) is 18.1 Å². The number of phenolic OH excluding ortho intramolecular Hbond substituents is 1. The van der Waals surface area contributed by atoms with Gasteiger partial charge in [-0.25, -0.2) is 4.79 Å². The van der Waals surface area contributed by atoms with E-state index >= 15 is 0 Å². The quantitative estimate of drug-likeness (QED) is 0.0233. The average molecular weight is 1290 g/mol. The lowest BCUT2D eigenvalue weighted by molar-refractivity contribution is -0.192. The SMILES string of the molecule is CC(C)[C@H](NC(=O)[C@H](CCCCN)NC(=O)[C@@H](Cc1c[nH]c2ccccc12)NC(=O)[C@H](Cc1ccc(O)cc1)NC(=O)[C@H](CS)NC(=O)[C@H](N)c1ccc2ccccc2c1)C(=O)N[C@@H](CS)C(=O)N[C@@H](Cc1ccc2ccccc2c1)C(N)=O.O=C(O)C(F)(F)F. The van der Waals surface area contributed by atoms with Crippen LogP contribution in [0.25, 0.3) is 32.4 Å². The number of aromatic nitrogens is 1. The molecule has 0 saturated carbocycles. The van der Waals surface area contributed by atoms with Crippen LogP contribution in [0.3, 0.4) is 0 Å². The molecule has 1 aromatic heterocycles. The summed E-state index contributed by atoms with van der Waals surface area (Å²) >= 11 is 8.70. The molecular formula is C64H74F3N11O11S2. The van der Waals surface area contributed by atoms with Crippen molar-refractivity contribution in [1.82, 2.24) is 42.2 Å². The number of aromatic amines is 1. The van der Waals surface area contributed by atoms with Crippen LogP contribution in [-0.4, -0.2) is 135 Å². The molecule has 0 fully saturated rings. The van der Waals surface area contributed by atoms with Gasteiger partial charge in [-0.2, -0.15) is 38.4 Å². The molecule has 27 heteroatoms. The predicted octanol–water partition coefficient (Wildman–Crippen LogP) is 4.06. The smallest absolute Gasteiger partial charge is 0.490 e. The Hall–Kier alpha value is -9.18. The third-order valence-electron chi connectivity index (χ3n) is 14.8. The minimum atomic E-state index is -5.08. The number of amides is 8. The number of nitrogens with one attached hydrogen (secondary N) is 8. The third kappa shape index (κ3) is 20.7. The average Bonchev–Trinajstić information content (AvgIpc) is 1.90. The van der Waals surface area contributed by atoms with E-state index in [-0.39, 0.29) is 49.5 Å². The molecule has 16 N–H and O–H groups in total. The number of alkyl halides is 3. The van der Waals surface area contributed by atoms with Crippen LogP contribution in [0.2, 0.25) is 0 Å². The number of fused-ring (bicyclic) bond motifs is 3. The van der Waals surface area contributed by atoms with Gasteiger partial charge in [0.2, 0.25) is 47.3 Å². The van der Waals surface area contributed by atoms with E-state index in [1.54, 1.807) is 44.3 Å². The number of hydrogen-bond donors (Lipinski definition) is 15. The summed E-state index contributed by atoms with van der Waals surface area (Å²) in [6.45, 7) is 3.64. The molecule has 0 spiro atoms. The van der Waals surface area contributed by atoms with Crippen LogP contribution in [0.1, 0.15) is 61.4 Å². The van der Waals surface area contributed by atoms with Crippen molar-refractivity contribution < 1.29 is 66.5 Å². The molecule has 8 amide bonds. The number of H-pyrrole nitrogens is 1. The largest absolute Gasteiger partial charge is 0.508 e. The van der Waals surface area contributed by atoms with Crippen molar-refractivity contribution in [3.63, 3.8) is 0 Å². The molecule has 6 aromatic carbocycles. The van der Waals surface area contributed by atoms with Gasteiger partial charge in [-0.3, -0.25) is 38.4 Å². The third-order valence-corrected chi connectivity index (χ3v) is 15.5. The molecular weight excluding hydrogens is 1220 g/mol. The fourth-order valence-corrected chi connectivity index (χ4v) is 10.2. The second kappa shape index (κ2) is 33.6. The number of benzene rings is 6. The van der Waals surface area contributed by atoms with Crippen molar-refractivity contribution in [1.29, 1.82) is 0 Å². The van der Waals surface area contributed by atoms with Gasteiger partial charge in [0, 0.05) is 47.9 Å². The fourth-order valence-electron chi connectivity index (χ4n) is 9.73. The Morgan fingerprint density at radius 3 is 1.56 bits per heavy atom. The molecule has 91 heavy (non-hydrogen) atoms. The molecule has 0 radical (unpaired) electrons. The van der Waals surface area contributed by atoms with Gasteiger partial charge >= 0.3 is 12.1 Å². The summed E-state index contributed by atoms with van der Waals surface area (Å²) in [4.78, 5) is 125. The lowest BCUT2D eigenvalue weighted by Gasteiger charge is -2.29. The van der Waals surface area contributed by atoms with E-state index in [0.29, 0.717) is 29.5 Å². The highest BCUT2D eigenvalue weighted by Crippen LogP contribution is 2.23. The molecule has 0 unspecified atom stereocenters. The number of carbonyl (C=O) groups excluding carboxylic acids is 8. The first-order valence-electron chi connectivity index (χ1n) is 29.0. The molecule has 22 nitrogen and oxygen atoms in total. The molecule has 8 atom stereocenters. The van der Waals surface area contributed by atoms with Crippen LogP contribution in [0, 0.1) is 5.92 Å². The normalized spacial score (nSPS) is 14.0. The number of carboxylic acid groups (broad SMARTS) is 1. The number of phenols is 1. The van der Waals surface area contributed by atoms with Gasteiger partial charge < -0.3 is 69.6 Å².